The number of nitrogens with zero attached hydrogens (tertiary/aromatic N) is 2. The third kappa shape index (κ3) is 3.32. The number of hydrogen-bond donors (Lipinski definition) is 1. The quantitative estimate of drug-likeness (QED) is 0.332. The molecular weight excluding hydrogens is 358 g/mol. The molecule has 0 spiro atoms. The second kappa shape index (κ2) is 7.17. The molecule has 0 atom stereocenters. The van der Waals surface area contributed by atoms with Gasteiger partial charge < -0.3 is 4.98 Å². The molecule has 3 aromatic carbocycles. The van der Waals surface area contributed by atoms with Gasteiger partial charge in [-0.05, 0) is 42.0 Å². The Bertz CT molecular complexity index is 1330. The minimum Gasteiger partial charge on any atom is -0.338 e. The van der Waals surface area contributed by atoms with Crippen molar-refractivity contribution < 1.29 is 4.79 Å². The maximum Gasteiger partial charge on any atom is 0.196 e. The number of H-pyrrole nitrogens is 1. The summed E-state index contributed by atoms with van der Waals surface area (Å²) in [4.78, 5) is 25.7. The maximum atomic E-state index is 13.3. The van der Waals surface area contributed by atoms with Gasteiger partial charge in [0.15, 0.2) is 5.78 Å². The summed E-state index contributed by atoms with van der Waals surface area (Å²) in [6, 6.07) is 26.9. The molecule has 0 saturated heterocycles. The number of rotatable bonds is 4. The van der Waals surface area contributed by atoms with Crippen molar-refractivity contribution in [1.29, 1.82) is 0 Å². The second-order valence-electron chi connectivity index (χ2n) is 6.81. The molecule has 0 aliphatic carbocycles. The normalized spacial score (nSPS) is 11.8. The summed E-state index contributed by atoms with van der Waals surface area (Å²) in [6.45, 7) is 0. The Kier molecular flexibility index (Phi) is 4.22. The highest BCUT2D eigenvalue weighted by Gasteiger charge is 2.18. The third-order valence-electron chi connectivity index (χ3n) is 4.86. The zero-order chi connectivity index (χ0) is 19.6. The molecule has 0 aliphatic rings. The van der Waals surface area contributed by atoms with Gasteiger partial charge in [0.2, 0.25) is 0 Å². The minimum absolute atomic E-state index is 0.0732. The zero-order valence-electron chi connectivity index (χ0n) is 15.5. The lowest BCUT2D eigenvalue weighted by molar-refractivity contribution is 0.105. The lowest BCUT2D eigenvalue weighted by Gasteiger charge is -2.06. The first-order chi connectivity index (χ1) is 14.3. The van der Waals surface area contributed by atoms with Crippen LogP contribution in [-0.2, 0) is 0 Å². The van der Waals surface area contributed by atoms with Crippen LogP contribution in [0.4, 0.5) is 0 Å². The van der Waals surface area contributed by atoms with Gasteiger partial charge in [0.05, 0.1) is 22.1 Å². The number of pyridine rings is 1. The fourth-order valence-electron chi connectivity index (χ4n) is 3.42. The van der Waals surface area contributed by atoms with Gasteiger partial charge >= 0.3 is 0 Å². The number of carbonyl (C=O) groups is 1. The topological polar surface area (TPSA) is 58.6 Å². The molecule has 29 heavy (non-hydrogen) atoms. The van der Waals surface area contributed by atoms with Crippen molar-refractivity contribution in [2.75, 3.05) is 0 Å². The van der Waals surface area contributed by atoms with Gasteiger partial charge in [0.1, 0.15) is 5.82 Å². The van der Waals surface area contributed by atoms with Crippen LogP contribution in [0, 0.1) is 0 Å². The number of nitrogens with one attached hydrogen (secondary N) is 1. The van der Waals surface area contributed by atoms with Crippen molar-refractivity contribution in [3.63, 3.8) is 0 Å². The molecule has 0 amide bonds. The molecule has 4 heteroatoms. The van der Waals surface area contributed by atoms with Crippen molar-refractivity contribution >= 4 is 39.4 Å². The van der Waals surface area contributed by atoms with E-state index in [1.807, 2.05) is 91.0 Å². The van der Waals surface area contributed by atoms with E-state index in [2.05, 4.69) is 15.0 Å². The summed E-state index contributed by atoms with van der Waals surface area (Å²) in [5.41, 5.74) is 4.72. The van der Waals surface area contributed by atoms with E-state index in [9.17, 15) is 4.79 Å². The van der Waals surface area contributed by atoms with Crippen LogP contribution in [0.1, 0.15) is 21.7 Å². The van der Waals surface area contributed by atoms with E-state index in [0.29, 0.717) is 17.0 Å². The number of Topliss-reactive ketones (excluding diaryl/α,β-unsaturated/α-hetero) is 1. The molecule has 0 bridgehead atoms. The summed E-state index contributed by atoms with van der Waals surface area (Å²) in [5, 5.41) is 1.03. The summed E-state index contributed by atoms with van der Waals surface area (Å²) in [7, 11) is 0. The first-order valence-electron chi connectivity index (χ1n) is 9.39. The zero-order valence-corrected chi connectivity index (χ0v) is 15.5. The lowest BCUT2D eigenvalue weighted by atomic mass is 10.00. The molecule has 0 radical (unpaired) electrons. The van der Waals surface area contributed by atoms with Crippen LogP contribution in [0.25, 0.3) is 33.6 Å². The molecular formula is C25H17N3O. The summed E-state index contributed by atoms with van der Waals surface area (Å²) in [6.07, 6.45) is 3.66. The van der Waals surface area contributed by atoms with Gasteiger partial charge in [-0.1, -0.05) is 54.6 Å². The van der Waals surface area contributed by atoms with Crippen LogP contribution < -0.4 is 0 Å². The first kappa shape index (κ1) is 17.1. The monoisotopic (exact) mass is 375 g/mol. The van der Waals surface area contributed by atoms with E-state index in [1.165, 1.54) is 0 Å². The van der Waals surface area contributed by atoms with Crippen LogP contribution in [0.2, 0.25) is 0 Å². The number of para-hydroxylation sites is 2. The predicted octanol–water partition coefficient (Wildman–Crippen LogP) is 5.53. The SMILES string of the molecule is O=C(C(=Cc1ccc2ncccc2c1)c1nc2ccccc2[nH]1)c1ccccc1. The van der Waals surface area contributed by atoms with Crippen LogP contribution >= 0.6 is 0 Å². The maximum absolute atomic E-state index is 13.3. The van der Waals surface area contributed by atoms with Gasteiger partial charge in [-0.3, -0.25) is 9.78 Å². The number of benzene rings is 3. The molecule has 4 nitrogen and oxygen atoms in total. The Morgan fingerprint density at radius 2 is 1.66 bits per heavy atom. The highest BCUT2D eigenvalue weighted by atomic mass is 16.1. The van der Waals surface area contributed by atoms with Crippen LogP contribution in [0.3, 0.4) is 0 Å². The number of aromatic amines is 1. The van der Waals surface area contributed by atoms with Crippen molar-refractivity contribution in [3.05, 3.63) is 108 Å². The molecule has 5 aromatic rings. The number of imidazole rings is 1. The molecule has 138 valence electrons. The van der Waals surface area contributed by atoms with E-state index >= 15 is 0 Å². The molecule has 0 aliphatic heterocycles. The standard InChI is InChI=1S/C25H17N3O/c29-24(18-7-2-1-3-8-18)20(25-27-22-10-4-5-11-23(22)28-25)16-17-12-13-21-19(15-17)9-6-14-26-21/h1-16H,(H,27,28). The average molecular weight is 375 g/mol. The van der Waals surface area contributed by atoms with E-state index in [4.69, 9.17) is 0 Å². The largest absolute Gasteiger partial charge is 0.338 e. The third-order valence-corrected chi connectivity index (χ3v) is 4.86. The van der Waals surface area contributed by atoms with Crippen molar-refractivity contribution in [1.82, 2.24) is 15.0 Å². The Labute approximate surface area is 167 Å². The second-order valence-corrected chi connectivity index (χ2v) is 6.81. The molecule has 1 N–H and O–H groups in total. The first-order valence-corrected chi connectivity index (χ1v) is 9.39. The van der Waals surface area contributed by atoms with Crippen LogP contribution in [-0.4, -0.2) is 20.7 Å². The van der Waals surface area contributed by atoms with Gasteiger partial charge in [0, 0.05) is 17.1 Å². The Morgan fingerprint density at radius 1 is 0.828 bits per heavy atom. The van der Waals surface area contributed by atoms with Gasteiger partial charge in [0.25, 0.3) is 0 Å². The number of aromatic nitrogens is 3. The van der Waals surface area contributed by atoms with Crippen molar-refractivity contribution in [2.45, 2.75) is 0 Å². The number of ketones is 1. The van der Waals surface area contributed by atoms with Crippen LogP contribution in [0.15, 0.2) is 91.1 Å². The smallest absolute Gasteiger partial charge is 0.196 e. The number of carbonyl (C=O) groups excluding carboxylic acids is 1. The molecule has 2 heterocycles. The van der Waals surface area contributed by atoms with Gasteiger partial charge in [-0.2, -0.15) is 0 Å². The van der Waals surface area contributed by atoms with E-state index in [0.717, 1.165) is 27.5 Å². The molecule has 0 saturated carbocycles. The summed E-state index contributed by atoms with van der Waals surface area (Å²) in [5.74, 6) is 0.488. The predicted molar refractivity (Wildman–Crippen MR) is 116 cm³/mol. The van der Waals surface area contributed by atoms with Gasteiger partial charge in [-0.15, -0.1) is 0 Å². The molecule has 5 rings (SSSR count). The average Bonchev–Trinajstić information content (AvgIpc) is 3.21. The fraction of sp³-hybridized carbons (Fsp3) is 0. The Balaban J connectivity index is 1.68. The minimum atomic E-state index is -0.0732. The van der Waals surface area contributed by atoms with E-state index < -0.39 is 0 Å². The highest BCUT2D eigenvalue weighted by Crippen LogP contribution is 2.25. The highest BCUT2D eigenvalue weighted by molar-refractivity contribution is 6.32. The Hall–Kier alpha value is -4.05. The van der Waals surface area contributed by atoms with E-state index in [-0.39, 0.29) is 5.78 Å². The van der Waals surface area contributed by atoms with Crippen molar-refractivity contribution in [3.8, 4) is 0 Å². The molecule has 2 aromatic heterocycles. The molecule has 0 unspecified atom stereocenters. The Morgan fingerprint density at radius 3 is 2.52 bits per heavy atom. The fourth-order valence-corrected chi connectivity index (χ4v) is 3.42. The summed E-state index contributed by atoms with van der Waals surface area (Å²) >= 11 is 0. The van der Waals surface area contributed by atoms with Crippen molar-refractivity contribution in [2.24, 2.45) is 0 Å². The van der Waals surface area contributed by atoms with Gasteiger partial charge in [-0.25, -0.2) is 4.98 Å². The van der Waals surface area contributed by atoms with E-state index in [1.54, 1.807) is 6.20 Å². The van der Waals surface area contributed by atoms with Crippen LogP contribution in [0.5, 0.6) is 0 Å². The number of fused-ring (bicyclic) bond motifs is 2. The number of allylic oxidation sites excluding steroid dienone is 1. The molecule has 0 fully saturated rings. The number of hydrogen-bond acceptors (Lipinski definition) is 3. The summed E-state index contributed by atoms with van der Waals surface area (Å²) < 4.78 is 0. The lowest BCUT2D eigenvalue weighted by Crippen LogP contribution is -2.04.